The first-order valence-corrected chi connectivity index (χ1v) is 7.12. The number of amides is 1. The van der Waals surface area contributed by atoms with E-state index >= 15 is 0 Å². The normalized spacial score (nSPS) is 18.9. The molecule has 1 atom stereocenters. The van der Waals surface area contributed by atoms with E-state index in [0.29, 0.717) is 12.3 Å². The molecule has 1 aromatic rings. The first kappa shape index (κ1) is 14.9. The molecule has 0 spiro atoms. The molecule has 4 nitrogen and oxygen atoms in total. The summed E-state index contributed by atoms with van der Waals surface area (Å²) in [4.78, 5) is 14.3. The third-order valence-corrected chi connectivity index (χ3v) is 3.79. The summed E-state index contributed by atoms with van der Waals surface area (Å²) >= 11 is 0. The molecule has 0 aromatic heterocycles. The lowest BCUT2D eigenvalue weighted by Crippen LogP contribution is -2.41. The number of methoxy groups -OCH3 is 2. The number of hydrogen-bond acceptors (Lipinski definition) is 3. The van der Waals surface area contributed by atoms with Crippen LogP contribution < -0.4 is 4.74 Å². The Hall–Kier alpha value is -1.55. The van der Waals surface area contributed by atoms with Gasteiger partial charge in [-0.1, -0.05) is 12.1 Å². The van der Waals surface area contributed by atoms with Crippen molar-refractivity contribution in [3.8, 4) is 5.75 Å². The highest BCUT2D eigenvalue weighted by Crippen LogP contribution is 2.18. The van der Waals surface area contributed by atoms with Crippen molar-refractivity contribution >= 4 is 5.91 Å². The molecule has 1 saturated heterocycles. The molecule has 1 aromatic carbocycles. The van der Waals surface area contributed by atoms with Gasteiger partial charge in [-0.2, -0.15) is 0 Å². The minimum Gasteiger partial charge on any atom is -0.497 e. The molecule has 0 aliphatic carbocycles. The molecule has 1 amide bonds. The van der Waals surface area contributed by atoms with Crippen LogP contribution in [0.25, 0.3) is 0 Å². The maximum absolute atomic E-state index is 12.3. The van der Waals surface area contributed by atoms with Gasteiger partial charge in [0.25, 0.3) is 0 Å². The predicted molar refractivity (Wildman–Crippen MR) is 77.9 cm³/mol. The lowest BCUT2D eigenvalue weighted by Gasteiger charge is -2.32. The standard InChI is InChI=1S/C16H23NO3/c1-19-12-14-4-3-9-17(11-14)16(18)10-13-5-7-15(20-2)8-6-13/h5-8,14H,3-4,9-12H2,1-2H3. The van der Waals surface area contributed by atoms with E-state index in [9.17, 15) is 4.79 Å². The van der Waals surface area contributed by atoms with Crippen LogP contribution in [-0.4, -0.2) is 44.7 Å². The number of carbonyl (C=O) groups excluding carboxylic acids is 1. The third kappa shape index (κ3) is 3.97. The second-order valence-electron chi connectivity index (χ2n) is 5.33. The van der Waals surface area contributed by atoms with Crippen LogP contribution in [-0.2, 0) is 16.0 Å². The molecule has 1 aliphatic heterocycles. The molecule has 1 unspecified atom stereocenters. The van der Waals surface area contributed by atoms with Gasteiger partial charge in [-0.15, -0.1) is 0 Å². The molecule has 0 saturated carbocycles. The summed E-state index contributed by atoms with van der Waals surface area (Å²) < 4.78 is 10.3. The number of benzene rings is 1. The number of nitrogens with zero attached hydrogens (tertiary/aromatic N) is 1. The smallest absolute Gasteiger partial charge is 0.226 e. The van der Waals surface area contributed by atoms with Gasteiger partial charge in [-0.3, -0.25) is 4.79 Å². The Morgan fingerprint density at radius 3 is 2.70 bits per heavy atom. The van der Waals surface area contributed by atoms with Crippen LogP contribution in [0.3, 0.4) is 0 Å². The van der Waals surface area contributed by atoms with E-state index in [4.69, 9.17) is 9.47 Å². The van der Waals surface area contributed by atoms with Crippen LogP contribution >= 0.6 is 0 Å². The van der Waals surface area contributed by atoms with Gasteiger partial charge in [-0.25, -0.2) is 0 Å². The van der Waals surface area contributed by atoms with Gasteiger partial charge < -0.3 is 14.4 Å². The van der Waals surface area contributed by atoms with Gasteiger partial charge in [0.1, 0.15) is 5.75 Å². The second-order valence-corrected chi connectivity index (χ2v) is 5.33. The minimum atomic E-state index is 0.205. The van der Waals surface area contributed by atoms with Crippen molar-refractivity contribution in [3.05, 3.63) is 29.8 Å². The molecule has 2 rings (SSSR count). The Morgan fingerprint density at radius 1 is 1.30 bits per heavy atom. The van der Waals surface area contributed by atoms with Gasteiger partial charge in [0.15, 0.2) is 0 Å². The zero-order valence-electron chi connectivity index (χ0n) is 12.3. The van der Waals surface area contributed by atoms with Crippen LogP contribution in [0.15, 0.2) is 24.3 Å². The average Bonchev–Trinajstić information content (AvgIpc) is 2.48. The van der Waals surface area contributed by atoms with Gasteiger partial charge in [-0.05, 0) is 36.5 Å². The second kappa shape index (κ2) is 7.29. The van der Waals surface area contributed by atoms with Crippen molar-refractivity contribution in [2.24, 2.45) is 5.92 Å². The summed E-state index contributed by atoms with van der Waals surface area (Å²) in [6, 6.07) is 7.69. The van der Waals surface area contributed by atoms with Crippen molar-refractivity contribution in [3.63, 3.8) is 0 Å². The van der Waals surface area contributed by atoms with Crippen LogP contribution in [0.1, 0.15) is 18.4 Å². The fourth-order valence-corrected chi connectivity index (χ4v) is 2.69. The lowest BCUT2D eigenvalue weighted by molar-refractivity contribution is -0.132. The third-order valence-electron chi connectivity index (χ3n) is 3.79. The Kier molecular flexibility index (Phi) is 5.41. The monoisotopic (exact) mass is 277 g/mol. The molecule has 20 heavy (non-hydrogen) atoms. The summed E-state index contributed by atoms with van der Waals surface area (Å²) in [5, 5.41) is 0. The van der Waals surface area contributed by atoms with Crippen LogP contribution in [0.2, 0.25) is 0 Å². The molecule has 0 radical (unpaired) electrons. The van der Waals surface area contributed by atoms with Gasteiger partial charge in [0.05, 0.1) is 20.1 Å². The van der Waals surface area contributed by atoms with Crippen molar-refractivity contribution in [1.82, 2.24) is 4.90 Å². The van der Waals surface area contributed by atoms with Crippen LogP contribution in [0.4, 0.5) is 0 Å². The summed E-state index contributed by atoms with van der Waals surface area (Å²) in [5.74, 6) is 1.50. The zero-order valence-corrected chi connectivity index (χ0v) is 12.3. The summed E-state index contributed by atoms with van der Waals surface area (Å²) in [6.07, 6.45) is 2.69. The number of ether oxygens (including phenoxy) is 2. The maximum atomic E-state index is 12.3. The number of likely N-dealkylation sites (tertiary alicyclic amines) is 1. The van der Waals surface area contributed by atoms with Crippen molar-refractivity contribution in [2.45, 2.75) is 19.3 Å². The minimum absolute atomic E-state index is 0.205. The number of hydrogen-bond donors (Lipinski definition) is 0. The first-order chi connectivity index (χ1) is 9.72. The van der Waals surface area contributed by atoms with Gasteiger partial charge >= 0.3 is 0 Å². The number of piperidine rings is 1. The van der Waals surface area contributed by atoms with E-state index in [1.54, 1.807) is 14.2 Å². The first-order valence-electron chi connectivity index (χ1n) is 7.12. The highest BCUT2D eigenvalue weighted by Gasteiger charge is 2.23. The van der Waals surface area contributed by atoms with E-state index in [0.717, 1.165) is 43.9 Å². The highest BCUT2D eigenvalue weighted by atomic mass is 16.5. The van der Waals surface area contributed by atoms with Crippen LogP contribution in [0, 0.1) is 5.92 Å². The zero-order chi connectivity index (χ0) is 14.4. The molecule has 110 valence electrons. The molecule has 0 N–H and O–H groups in total. The Labute approximate surface area is 120 Å². The molecule has 1 fully saturated rings. The van der Waals surface area contributed by atoms with Gasteiger partial charge in [0.2, 0.25) is 5.91 Å². The Morgan fingerprint density at radius 2 is 2.05 bits per heavy atom. The Balaban J connectivity index is 1.89. The average molecular weight is 277 g/mol. The molecule has 4 heteroatoms. The lowest BCUT2D eigenvalue weighted by atomic mass is 9.98. The molecule has 1 heterocycles. The Bertz CT molecular complexity index is 428. The SMILES string of the molecule is COCC1CCCN(C(=O)Cc2ccc(OC)cc2)C1. The molecule has 1 aliphatic rings. The summed E-state index contributed by atoms with van der Waals surface area (Å²) in [6.45, 7) is 2.43. The topological polar surface area (TPSA) is 38.8 Å². The summed E-state index contributed by atoms with van der Waals surface area (Å²) in [5.41, 5.74) is 1.03. The number of carbonyl (C=O) groups is 1. The fraction of sp³-hybridized carbons (Fsp3) is 0.562. The molecular weight excluding hydrogens is 254 g/mol. The molecular formula is C16H23NO3. The highest BCUT2D eigenvalue weighted by molar-refractivity contribution is 5.78. The maximum Gasteiger partial charge on any atom is 0.226 e. The van der Waals surface area contributed by atoms with E-state index in [2.05, 4.69) is 0 Å². The number of rotatable bonds is 5. The van der Waals surface area contributed by atoms with Crippen molar-refractivity contribution < 1.29 is 14.3 Å². The molecule has 0 bridgehead atoms. The van der Waals surface area contributed by atoms with Crippen molar-refractivity contribution in [2.75, 3.05) is 33.9 Å². The van der Waals surface area contributed by atoms with Crippen LogP contribution in [0.5, 0.6) is 5.75 Å². The van der Waals surface area contributed by atoms with Gasteiger partial charge in [0, 0.05) is 20.2 Å². The van der Waals surface area contributed by atoms with E-state index in [1.165, 1.54) is 0 Å². The van der Waals surface area contributed by atoms with Crippen molar-refractivity contribution in [1.29, 1.82) is 0 Å². The van der Waals surface area contributed by atoms with E-state index in [-0.39, 0.29) is 5.91 Å². The predicted octanol–water partition coefficient (Wildman–Crippen LogP) is 2.12. The fourth-order valence-electron chi connectivity index (χ4n) is 2.69. The quantitative estimate of drug-likeness (QED) is 0.827. The van der Waals surface area contributed by atoms with E-state index < -0.39 is 0 Å². The van der Waals surface area contributed by atoms with E-state index in [1.807, 2.05) is 29.2 Å². The largest absolute Gasteiger partial charge is 0.497 e. The summed E-state index contributed by atoms with van der Waals surface area (Å²) in [7, 11) is 3.36.